The summed E-state index contributed by atoms with van der Waals surface area (Å²) in [5.41, 5.74) is 1.98. The number of rotatable bonds is 4. The summed E-state index contributed by atoms with van der Waals surface area (Å²) in [6.07, 6.45) is 0. The number of carbonyl (C=O) groups excluding carboxylic acids is 2. The van der Waals surface area contributed by atoms with Gasteiger partial charge >= 0.3 is 0 Å². The van der Waals surface area contributed by atoms with Crippen LogP contribution >= 0.6 is 0 Å². The average molecular weight is 344 g/mol. The average Bonchev–Trinajstić information content (AvgIpc) is 2.75. The van der Waals surface area contributed by atoms with Crippen LogP contribution in [-0.2, 0) is 15.8 Å². The number of hydrogen-bond acceptors (Lipinski definition) is 4. The van der Waals surface area contributed by atoms with Gasteiger partial charge in [-0.25, -0.2) is 8.42 Å². The van der Waals surface area contributed by atoms with Crippen LogP contribution in [0.15, 0.2) is 42.5 Å². The molecule has 2 aromatic rings. The molecule has 124 valence electrons. The molecule has 0 fully saturated rings. The van der Waals surface area contributed by atoms with Gasteiger partial charge in [-0.05, 0) is 30.2 Å². The molecule has 3 rings (SSSR count). The highest BCUT2D eigenvalue weighted by Gasteiger charge is 2.35. The molecule has 1 aliphatic heterocycles. The van der Waals surface area contributed by atoms with Crippen LogP contribution in [0, 0.1) is 6.92 Å². The molecule has 7 heteroatoms. The molecule has 1 aliphatic rings. The van der Waals surface area contributed by atoms with E-state index in [1.807, 2.05) is 19.1 Å². The van der Waals surface area contributed by atoms with Gasteiger partial charge in [-0.15, -0.1) is 0 Å². The first-order chi connectivity index (χ1) is 11.3. The standard InChI is InChI=1S/C17H16N2O4S/c1-11-6-3-4-7-12(11)10-24(22,23)18-14-9-5-8-13-15(14)17(21)19(2)16(13)20/h3-9,18H,10H2,1-2H3. The van der Waals surface area contributed by atoms with E-state index in [0.29, 0.717) is 5.56 Å². The largest absolute Gasteiger partial charge is 0.282 e. The predicted octanol–water partition coefficient (Wildman–Crippen LogP) is 2.16. The van der Waals surface area contributed by atoms with E-state index in [9.17, 15) is 18.0 Å². The van der Waals surface area contributed by atoms with Gasteiger partial charge in [0.2, 0.25) is 10.0 Å². The molecule has 2 amide bonds. The number of hydrogen-bond donors (Lipinski definition) is 1. The number of aryl methyl sites for hydroxylation is 1. The van der Waals surface area contributed by atoms with Crippen molar-refractivity contribution in [2.45, 2.75) is 12.7 Å². The van der Waals surface area contributed by atoms with Gasteiger partial charge in [0.1, 0.15) is 0 Å². The van der Waals surface area contributed by atoms with E-state index < -0.39 is 21.8 Å². The quantitative estimate of drug-likeness (QED) is 0.862. The molecule has 0 saturated heterocycles. The molecular formula is C17H16N2O4S. The molecule has 2 aromatic carbocycles. The Bertz CT molecular complexity index is 951. The molecule has 0 aromatic heterocycles. The van der Waals surface area contributed by atoms with Crippen molar-refractivity contribution in [2.75, 3.05) is 11.8 Å². The molecule has 0 spiro atoms. The Morgan fingerprint density at radius 2 is 1.71 bits per heavy atom. The van der Waals surface area contributed by atoms with E-state index >= 15 is 0 Å². The van der Waals surface area contributed by atoms with Crippen LogP contribution in [-0.4, -0.2) is 32.2 Å². The summed E-state index contributed by atoms with van der Waals surface area (Å²) in [6.45, 7) is 1.84. The third kappa shape index (κ3) is 2.78. The van der Waals surface area contributed by atoms with Crippen LogP contribution < -0.4 is 4.72 Å². The lowest BCUT2D eigenvalue weighted by Crippen LogP contribution is -2.24. The van der Waals surface area contributed by atoms with Crippen molar-refractivity contribution < 1.29 is 18.0 Å². The summed E-state index contributed by atoms with van der Waals surface area (Å²) in [4.78, 5) is 25.2. The Balaban J connectivity index is 1.94. The van der Waals surface area contributed by atoms with E-state index in [1.54, 1.807) is 18.2 Å². The molecule has 0 radical (unpaired) electrons. The van der Waals surface area contributed by atoms with Gasteiger partial charge in [0.25, 0.3) is 11.8 Å². The number of amides is 2. The molecule has 24 heavy (non-hydrogen) atoms. The monoisotopic (exact) mass is 344 g/mol. The third-order valence-corrected chi connectivity index (χ3v) is 5.21. The van der Waals surface area contributed by atoms with Crippen molar-refractivity contribution >= 4 is 27.5 Å². The van der Waals surface area contributed by atoms with Crippen LogP contribution in [0.4, 0.5) is 5.69 Å². The molecular weight excluding hydrogens is 328 g/mol. The summed E-state index contributed by atoms with van der Waals surface area (Å²) in [7, 11) is -2.35. The van der Waals surface area contributed by atoms with Crippen LogP contribution in [0.25, 0.3) is 0 Å². The normalized spacial score (nSPS) is 14.0. The third-order valence-electron chi connectivity index (χ3n) is 3.99. The minimum Gasteiger partial charge on any atom is -0.282 e. The molecule has 0 atom stereocenters. The minimum atomic E-state index is -3.72. The topological polar surface area (TPSA) is 83.6 Å². The molecule has 0 bridgehead atoms. The van der Waals surface area contributed by atoms with Gasteiger partial charge in [0.15, 0.2) is 0 Å². The lowest BCUT2D eigenvalue weighted by molar-refractivity contribution is 0.0693. The van der Waals surface area contributed by atoms with Crippen molar-refractivity contribution in [1.82, 2.24) is 4.90 Å². The molecule has 0 aliphatic carbocycles. The second-order valence-corrected chi connectivity index (χ2v) is 7.41. The number of carbonyl (C=O) groups is 2. The van der Waals surface area contributed by atoms with Crippen molar-refractivity contribution in [3.8, 4) is 0 Å². The highest BCUT2D eigenvalue weighted by molar-refractivity contribution is 7.91. The number of benzene rings is 2. The maximum absolute atomic E-state index is 12.5. The number of sulfonamides is 1. The minimum absolute atomic E-state index is 0.0957. The van der Waals surface area contributed by atoms with Gasteiger partial charge in [0.05, 0.1) is 22.6 Å². The number of nitrogens with zero attached hydrogens (tertiary/aromatic N) is 1. The second-order valence-electron chi connectivity index (χ2n) is 5.69. The fourth-order valence-electron chi connectivity index (χ4n) is 2.67. The van der Waals surface area contributed by atoms with E-state index in [2.05, 4.69) is 4.72 Å². The fourth-order valence-corrected chi connectivity index (χ4v) is 3.98. The summed E-state index contributed by atoms with van der Waals surface area (Å²) in [5, 5.41) is 0. The summed E-state index contributed by atoms with van der Waals surface area (Å²) in [5.74, 6) is -1.15. The number of fused-ring (bicyclic) bond motifs is 1. The highest BCUT2D eigenvalue weighted by Crippen LogP contribution is 2.29. The van der Waals surface area contributed by atoms with Gasteiger partial charge < -0.3 is 0 Å². The van der Waals surface area contributed by atoms with E-state index in [0.717, 1.165) is 10.5 Å². The first-order valence-electron chi connectivity index (χ1n) is 7.30. The highest BCUT2D eigenvalue weighted by atomic mass is 32.2. The molecule has 0 unspecified atom stereocenters. The smallest absolute Gasteiger partial charge is 0.263 e. The first kappa shape index (κ1) is 16.2. The SMILES string of the molecule is Cc1ccccc1CS(=O)(=O)Nc1cccc2c1C(=O)N(C)C2=O. The molecule has 1 heterocycles. The maximum Gasteiger partial charge on any atom is 0.263 e. The maximum atomic E-state index is 12.5. The fraction of sp³-hybridized carbons (Fsp3) is 0.176. The Hall–Kier alpha value is -2.67. The van der Waals surface area contributed by atoms with Crippen LogP contribution in [0.5, 0.6) is 0 Å². The first-order valence-corrected chi connectivity index (χ1v) is 8.96. The van der Waals surface area contributed by atoms with E-state index in [4.69, 9.17) is 0 Å². The zero-order valence-electron chi connectivity index (χ0n) is 13.2. The second kappa shape index (κ2) is 5.76. The van der Waals surface area contributed by atoms with Gasteiger partial charge in [-0.2, -0.15) is 0 Å². The Kier molecular flexibility index (Phi) is 3.88. The summed E-state index contributed by atoms with van der Waals surface area (Å²) >= 11 is 0. The summed E-state index contributed by atoms with van der Waals surface area (Å²) < 4.78 is 27.4. The molecule has 1 N–H and O–H groups in total. The lowest BCUT2D eigenvalue weighted by Gasteiger charge is -2.12. The van der Waals surface area contributed by atoms with Gasteiger partial charge in [0, 0.05) is 7.05 Å². The Morgan fingerprint density at radius 1 is 1.00 bits per heavy atom. The van der Waals surface area contributed by atoms with Gasteiger partial charge in [-0.3, -0.25) is 19.2 Å². The zero-order valence-corrected chi connectivity index (χ0v) is 14.1. The number of nitrogens with one attached hydrogen (secondary N) is 1. The van der Waals surface area contributed by atoms with E-state index in [1.165, 1.54) is 19.2 Å². The molecule has 0 saturated carbocycles. The Labute approximate surface area is 140 Å². The van der Waals surface area contributed by atoms with E-state index in [-0.39, 0.29) is 22.6 Å². The Morgan fingerprint density at radius 3 is 2.42 bits per heavy atom. The van der Waals surface area contributed by atoms with Crippen molar-refractivity contribution in [1.29, 1.82) is 0 Å². The molecule has 6 nitrogen and oxygen atoms in total. The van der Waals surface area contributed by atoms with Crippen LogP contribution in [0.2, 0.25) is 0 Å². The van der Waals surface area contributed by atoms with Crippen molar-refractivity contribution in [3.63, 3.8) is 0 Å². The number of anilines is 1. The van der Waals surface area contributed by atoms with Gasteiger partial charge in [-0.1, -0.05) is 30.3 Å². The predicted molar refractivity (Wildman–Crippen MR) is 90.3 cm³/mol. The van der Waals surface area contributed by atoms with Crippen LogP contribution in [0.3, 0.4) is 0 Å². The summed E-state index contributed by atoms with van der Waals surface area (Å²) in [6, 6.07) is 11.7. The lowest BCUT2D eigenvalue weighted by atomic mass is 10.1. The van der Waals surface area contributed by atoms with Crippen molar-refractivity contribution in [3.05, 3.63) is 64.7 Å². The van der Waals surface area contributed by atoms with Crippen molar-refractivity contribution in [2.24, 2.45) is 0 Å². The number of imide groups is 1. The zero-order chi connectivity index (χ0) is 17.5. The van der Waals surface area contributed by atoms with Crippen LogP contribution in [0.1, 0.15) is 31.8 Å².